The first-order valence-corrected chi connectivity index (χ1v) is 4.02. The lowest BCUT2D eigenvalue weighted by atomic mass is 10.5. The van der Waals surface area contributed by atoms with E-state index in [1.165, 1.54) is 5.69 Å². The number of aromatic nitrogens is 2. The molecule has 3 nitrogen and oxygen atoms in total. The first-order chi connectivity index (χ1) is 5.34. The van der Waals surface area contributed by atoms with E-state index in [1.807, 2.05) is 12.5 Å². The Labute approximate surface area is 67.4 Å². The van der Waals surface area contributed by atoms with Crippen molar-refractivity contribution in [1.29, 1.82) is 0 Å². The Balaban J connectivity index is 2.32. The normalized spacial score (nSPS) is 10.4. The summed E-state index contributed by atoms with van der Waals surface area (Å²) in [4.78, 5) is 4.04. The van der Waals surface area contributed by atoms with Crippen LogP contribution in [-0.2, 0) is 6.54 Å². The number of hydrogen-bond donors (Lipinski definition) is 1. The maximum atomic E-state index is 4.04. The second kappa shape index (κ2) is 4.13. The summed E-state index contributed by atoms with van der Waals surface area (Å²) in [7, 11) is 0. The zero-order valence-corrected chi connectivity index (χ0v) is 7.17. The van der Waals surface area contributed by atoms with Gasteiger partial charge >= 0.3 is 0 Å². The molecule has 0 spiro atoms. The van der Waals surface area contributed by atoms with Gasteiger partial charge in [-0.15, -0.1) is 0 Å². The quantitative estimate of drug-likeness (QED) is 0.648. The topological polar surface area (TPSA) is 29.9 Å². The zero-order chi connectivity index (χ0) is 8.10. The largest absolute Gasteiger partial charge is 0.334 e. The summed E-state index contributed by atoms with van der Waals surface area (Å²) in [6.07, 6.45) is 3.75. The highest BCUT2D eigenvalue weighted by Gasteiger charge is 1.93. The van der Waals surface area contributed by atoms with Gasteiger partial charge in [-0.2, -0.15) is 0 Å². The molecule has 0 saturated heterocycles. The van der Waals surface area contributed by atoms with Crippen LogP contribution in [0.4, 0.5) is 0 Å². The summed E-state index contributed by atoms with van der Waals surface area (Å²) in [5.74, 6) is 0. The molecule has 0 aliphatic heterocycles. The lowest BCUT2D eigenvalue weighted by molar-refractivity contribution is 0.604. The summed E-state index contributed by atoms with van der Waals surface area (Å²) in [6.45, 7) is 7.25. The first kappa shape index (κ1) is 8.27. The predicted molar refractivity (Wildman–Crippen MR) is 45.5 cm³/mol. The molecule has 0 bridgehead atoms. The smallest absolute Gasteiger partial charge is 0.0948 e. The third-order valence-corrected chi connectivity index (χ3v) is 1.70. The van der Waals surface area contributed by atoms with E-state index in [2.05, 4.69) is 28.7 Å². The molecule has 62 valence electrons. The van der Waals surface area contributed by atoms with Crippen molar-refractivity contribution in [2.24, 2.45) is 0 Å². The van der Waals surface area contributed by atoms with Gasteiger partial charge in [-0.25, -0.2) is 4.98 Å². The van der Waals surface area contributed by atoms with Crippen LogP contribution in [0.2, 0.25) is 0 Å². The van der Waals surface area contributed by atoms with Crippen LogP contribution >= 0.6 is 0 Å². The number of aryl methyl sites for hydroxylation is 1. The molecule has 11 heavy (non-hydrogen) atoms. The van der Waals surface area contributed by atoms with E-state index in [1.54, 1.807) is 0 Å². The second-order valence-corrected chi connectivity index (χ2v) is 2.58. The number of nitrogens with zero attached hydrogens (tertiary/aromatic N) is 2. The molecule has 0 radical (unpaired) electrons. The average molecular weight is 153 g/mol. The lowest BCUT2D eigenvalue weighted by Gasteiger charge is -2.04. The number of likely N-dealkylation sites (N-methyl/N-ethyl adjacent to an activating group) is 1. The van der Waals surface area contributed by atoms with Crippen LogP contribution in [0.5, 0.6) is 0 Å². The third kappa shape index (κ3) is 2.35. The molecule has 1 N–H and O–H groups in total. The van der Waals surface area contributed by atoms with E-state index in [0.717, 1.165) is 19.6 Å². The van der Waals surface area contributed by atoms with Gasteiger partial charge in [0, 0.05) is 25.0 Å². The minimum Gasteiger partial charge on any atom is -0.334 e. The van der Waals surface area contributed by atoms with Gasteiger partial charge in [0.2, 0.25) is 0 Å². The van der Waals surface area contributed by atoms with Crippen molar-refractivity contribution in [3.8, 4) is 0 Å². The van der Waals surface area contributed by atoms with Gasteiger partial charge in [0.1, 0.15) is 0 Å². The summed E-state index contributed by atoms with van der Waals surface area (Å²) < 4.78 is 2.14. The number of imidazole rings is 1. The SMILES string of the molecule is CCNCCn1cncc1C. The predicted octanol–water partition coefficient (Wildman–Crippen LogP) is 0.801. The van der Waals surface area contributed by atoms with Crippen LogP contribution in [0.15, 0.2) is 12.5 Å². The van der Waals surface area contributed by atoms with Gasteiger partial charge in [-0.3, -0.25) is 0 Å². The summed E-state index contributed by atoms with van der Waals surface area (Å²) in [5.41, 5.74) is 1.22. The Morgan fingerprint density at radius 2 is 2.45 bits per heavy atom. The minimum atomic E-state index is 1.01. The van der Waals surface area contributed by atoms with E-state index >= 15 is 0 Å². The molecular formula is C8H15N3. The van der Waals surface area contributed by atoms with Crippen molar-refractivity contribution in [1.82, 2.24) is 14.9 Å². The molecule has 0 atom stereocenters. The van der Waals surface area contributed by atoms with E-state index in [-0.39, 0.29) is 0 Å². The Bertz CT molecular complexity index is 205. The lowest BCUT2D eigenvalue weighted by Crippen LogP contribution is -2.19. The van der Waals surface area contributed by atoms with Crippen LogP contribution in [0.1, 0.15) is 12.6 Å². The van der Waals surface area contributed by atoms with Crippen LogP contribution in [0.3, 0.4) is 0 Å². The van der Waals surface area contributed by atoms with Crippen LogP contribution in [0, 0.1) is 6.92 Å². The molecule has 0 fully saturated rings. The Morgan fingerprint density at radius 1 is 1.64 bits per heavy atom. The van der Waals surface area contributed by atoms with Gasteiger partial charge < -0.3 is 9.88 Å². The number of hydrogen-bond acceptors (Lipinski definition) is 2. The molecule has 0 unspecified atom stereocenters. The molecule has 0 saturated carbocycles. The van der Waals surface area contributed by atoms with Crippen molar-refractivity contribution in [3.63, 3.8) is 0 Å². The van der Waals surface area contributed by atoms with E-state index in [9.17, 15) is 0 Å². The Morgan fingerprint density at radius 3 is 3.00 bits per heavy atom. The Kier molecular flexibility index (Phi) is 3.11. The van der Waals surface area contributed by atoms with Gasteiger partial charge in [0.25, 0.3) is 0 Å². The minimum absolute atomic E-state index is 1.01. The maximum absolute atomic E-state index is 4.04. The highest BCUT2D eigenvalue weighted by molar-refractivity contribution is 4.93. The van der Waals surface area contributed by atoms with Crippen LogP contribution < -0.4 is 5.32 Å². The van der Waals surface area contributed by atoms with Crippen molar-refractivity contribution in [2.75, 3.05) is 13.1 Å². The van der Waals surface area contributed by atoms with Crippen molar-refractivity contribution in [3.05, 3.63) is 18.2 Å². The second-order valence-electron chi connectivity index (χ2n) is 2.58. The molecule has 0 aromatic carbocycles. The first-order valence-electron chi connectivity index (χ1n) is 4.02. The third-order valence-electron chi connectivity index (χ3n) is 1.70. The zero-order valence-electron chi connectivity index (χ0n) is 7.17. The summed E-state index contributed by atoms with van der Waals surface area (Å²) in [6, 6.07) is 0. The Hall–Kier alpha value is -0.830. The van der Waals surface area contributed by atoms with Crippen LogP contribution in [-0.4, -0.2) is 22.6 Å². The summed E-state index contributed by atoms with van der Waals surface area (Å²) in [5, 5.41) is 3.27. The van der Waals surface area contributed by atoms with Gasteiger partial charge in [0.05, 0.1) is 6.33 Å². The van der Waals surface area contributed by atoms with Crippen molar-refractivity contribution in [2.45, 2.75) is 20.4 Å². The molecule has 1 heterocycles. The van der Waals surface area contributed by atoms with Gasteiger partial charge in [-0.05, 0) is 13.5 Å². The molecule has 1 rings (SSSR count). The van der Waals surface area contributed by atoms with Crippen LogP contribution in [0.25, 0.3) is 0 Å². The summed E-state index contributed by atoms with van der Waals surface area (Å²) >= 11 is 0. The molecular weight excluding hydrogens is 138 g/mol. The average Bonchev–Trinajstić information content (AvgIpc) is 2.37. The molecule has 1 aromatic rings. The highest BCUT2D eigenvalue weighted by atomic mass is 15.1. The van der Waals surface area contributed by atoms with Gasteiger partial charge in [0.15, 0.2) is 0 Å². The fourth-order valence-corrected chi connectivity index (χ4v) is 0.997. The van der Waals surface area contributed by atoms with Crippen molar-refractivity contribution < 1.29 is 0 Å². The van der Waals surface area contributed by atoms with E-state index < -0.39 is 0 Å². The molecule has 3 heteroatoms. The van der Waals surface area contributed by atoms with Crippen molar-refractivity contribution >= 4 is 0 Å². The molecule has 1 aromatic heterocycles. The monoisotopic (exact) mass is 153 g/mol. The van der Waals surface area contributed by atoms with E-state index in [0.29, 0.717) is 0 Å². The highest BCUT2D eigenvalue weighted by Crippen LogP contribution is 1.94. The number of rotatable bonds is 4. The fraction of sp³-hybridized carbons (Fsp3) is 0.625. The standard InChI is InChI=1S/C8H15N3/c1-3-9-4-5-11-7-10-6-8(11)2/h6-7,9H,3-5H2,1-2H3. The number of nitrogens with one attached hydrogen (secondary N) is 1. The fourth-order valence-electron chi connectivity index (χ4n) is 0.997. The van der Waals surface area contributed by atoms with Gasteiger partial charge in [-0.1, -0.05) is 6.92 Å². The van der Waals surface area contributed by atoms with E-state index in [4.69, 9.17) is 0 Å². The maximum Gasteiger partial charge on any atom is 0.0948 e. The molecule has 0 aliphatic rings. The molecule has 0 aliphatic carbocycles. The molecule has 0 amide bonds.